The minimum absolute atomic E-state index is 0.109. The molecule has 0 spiro atoms. The van der Waals surface area contributed by atoms with Crippen LogP contribution in [0.25, 0.3) is 0 Å². The number of aliphatic hydroxyl groups is 1. The summed E-state index contributed by atoms with van der Waals surface area (Å²) in [5.41, 5.74) is 0. The van der Waals surface area contributed by atoms with Gasteiger partial charge in [-0.05, 0) is 18.8 Å². The number of carbonyl (C=O) groups is 2. The van der Waals surface area contributed by atoms with Gasteiger partial charge in [0.05, 0.1) is 0 Å². The molecule has 0 saturated heterocycles. The van der Waals surface area contributed by atoms with Gasteiger partial charge in [0.15, 0.2) is 0 Å². The predicted molar refractivity (Wildman–Crippen MR) is 178 cm³/mol. The fraction of sp³-hybridized carbons (Fsp3) is 0.946. The maximum Gasteiger partial charge on any atom is 0.305 e. The summed E-state index contributed by atoms with van der Waals surface area (Å²) in [6.45, 7) is 6.64. The quantitative estimate of drug-likeness (QED) is 0.0602. The number of esters is 2. The number of carbonyl (C=O) groups excluding carboxylic acids is 2. The largest absolute Gasteiger partial charge is 0.463 e. The fourth-order valence-electron chi connectivity index (χ4n) is 5.45. The molecule has 0 aromatic rings. The Labute approximate surface area is 261 Å². The van der Waals surface area contributed by atoms with Crippen LogP contribution in [-0.4, -0.2) is 36.4 Å². The molecular weight excluding hydrogens is 524 g/mol. The molecule has 0 aliphatic heterocycles. The Morgan fingerprint density at radius 2 is 0.762 bits per heavy atom. The Hall–Kier alpha value is -1.10. The molecule has 0 bridgehead atoms. The molecule has 0 rings (SSSR count). The Kier molecular flexibility index (Phi) is 31.9. The molecule has 0 radical (unpaired) electrons. The second-order valence-electron chi connectivity index (χ2n) is 13.2. The number of hydrogen-bond acceptors (Lipinski definition) is 5. The minimum atomic E-state index is -0.954. The van der Waals surface area contributed by atoms with Gasteiger partial charge in [-0.3, -0.25) is 9.59 Å². The maximum atomic E-state index is 11.9. The minimum Gasteiger partial charge on any atom is -0.463 e. The van der Waals surface area contributed by atoms with Crippen LogP contribution in [0.5, 0.6) is 0 Å². The van der Waals surface area contributed by atoms with Crippen LogP contribution in [0.15, 0.2) is 0 Å². The number of hydrogen-bond donors (Lipinski definition) is 1. The maximum absolute atomic E-state index is 11.9. The van der Waals surface area contributed by atoms with Crippen molar-refractivity contribution in [2.75, 3.05) is 13.2 Å². The Bertz CT molecular complexity index is 577. The van der Waals surface area contributed by atoms with Crippen molar-refractivity contribution in [1.82, 2.24) is 0 Å². The van der Waals surface area contributed by atoms with Crippen molar-refractivity contribution >= 4 is 11.9 Å². The van der Waals surface area contributed by atoms with E-state index < -0.39 is 6.10 Å². The van der Waals surface area contributed by atoms with Gasteiger partial charge in [-0.15, -0.1) is 0 Å². The Morgan fingerprint density at radius 3 is 1.07 bits per heavy atom. The number of unbranched alkanes of at least 4 members (excludes halogenated alkanes) is 23. The van der Waals surface area contributed by atoms with Crippen LogP contribution >= 0.6 is 0 Å². The molecule has 1 atom stereocenters. The molecule has 5 heteroatoms. The second kappa shape index (κ2) is 32.8. The normalized spacial score (nSPS) is 12.1. The van der Waals surface area contributed by atoms with Gasteiger partial charge in [0.1, 0.15) is 19.3 Å². The zero-order valence-corrected chi connectivity index (χ0v) is 28.4. The second-order valence-corrected chi connectivity index (χ2v) is 13.2. The molecule has 0 saturated carbocycles. The molecule has 0 aliphatic rings. The van der Waals surface area contributed by atoms with E-state index in [-0.39, 0.29) is 25.2 Å². The molecule has 42 heavy (non-hydrogen) atoms. The van der Waals surface area contributed by atoms with E-state index in [9.17, 15) is 14.7 Å². The zero-order chi connectivity index (χ0) is 30.9. The van der Waals surface area contributed by atoms with Gasteiger partial charge in [0.2, 0.25) is 0 Å². The third-order valence-electron chi connectivity index (χ3n) is 8.27. The Balaban J connectivity index is 3.39. The summed E-state index contributed by atoms with van der Waals surface area (Å²) >= 11 is 0. The summed E-state index contributed by atoms with van der Waals surface area (Å²) in [5, 5.41) is 9.98. The first kappa shape index (κ1) is 40.9. The molecule has 1 N–H and O–H groups in total. The first-order valence-electron chi connectivity index (χ1n) is 18.4. The zero-order valence-electron chi connectivity index (χ0n) is 28.4. The van der Waals surface area contributed by atoms with E-state index in [1.54, 1.807) is 0 Å². The third kappa shape index (κ3) is 33.4. The molecule has 0 unspecified atom stereocenters. The molecule has 0 aromatic carbocycles. The molecule has 0 fully saturated rings. The van der Waals surface area contributed by atoms with E-state index in [1.165, 1.54) is 141 Å². The van der Waals surface area contributed by atoms with Gasteiger partial charge < -0.3 is 14.6 Å². The van der Waals surface area contributed by atoms with Crippen molar-refractivity contribution in [2.45, 2.75) is 207 Å². The number of ether oxygens (including phenoxy) is 2. The van der Waals surface area contributed by atoms with Gasteiger partial charge in [0.25, 0.3) is 0 Å². The van der Waals surface area contributed by atoms with E-state index in [4.69, 9.17) is 9.47 Å². The van der Waals surface area contributed by atoms with Crippen molar-refractivity contribution in [1.29, 1.82) is 0 Å². The van der Waals surface area contributed by atoms with Crippen LogP contribution in [-0.2, 0) is 19.1 Å². The van der Waals surface area contributed by atoms with E-state index in [0.29, 0.717) is 12.8 Å². The highest BCUT2D eigenvalue weighted by Crippen LogP contribution is 2.15. The average molecular weight is 597 g/mol. The SMILES string of the molecule is CCCCCCCCCCCCCCCCCC(=O)OC[C@H](O)COC(=O)CCCCCCCCCCCCC(C)C. The lowest BCUT2D eigenvalue weighted by Crippen LogP contribution is -2.25. The van der Waals surface area contributed by atoms with Crippen LogP contribution in [0.2, 0.25) is 0 Å². The van der Waals surface area contributed by atoms with Gasteiger partial charge >= 0.3 is 11.9 Å². The highest BCUT2D eigenvalue weighted by molar-refractivity contribution is 5.69. The molecule has 5 nitrogen and oxygen atoms in total. The monoisotopic (exact) mass is 597 g/mol. The Morgan fingerprint density at radius 1 is 0.476 bits per heavy atom. The highest BCUT2D eigenvalue weighted by Gasteiger charge is 2.12. The fourth-order valence-corrected chi connectivity index (χ4v) is 5.45. The standard InChI is InChI=1S/C37H72O5/c1-4-5-6-7-8-9-10-11-12-13-14-18-21-24-27-30-36(39)41-32-35(38)33-42-37(40)31-28-25-22-19-16-15-17-20-23-26-29-34(2)3/h34-35,38H,4-33H2,1-3H3/t35-/m0/s1. The van der Waals surface area contributed by atoms with E-state index >= 15 is 0 Å². The van der Waals surface area contributed by atoms with Crippen LogP contribution < -0.4 is 0 Å². The molecule has 0 aromatic heterocycles. The summed E-state index contributed by atoms with van der Waals surface area (Å²) < 4.78 is 10.3. The van der Waals surface area contributed by atoms with Crippen molar-refractivity contribution < 1.29 is 24.2 Å². The topological polar surface area (TPSA) is 72.8 Å². The van der Waals surface area contributed by atoms with Crippen LogP contribution in [0, 0.1) is 5.92 Å². The van der Waals surface area contributed by atoms with E-state index in [0.717, 1.165) is 31.6 Å². The molecule has 0 aliphatic carbocycles. The van der Waals surface area contributed by atoms with Crippen LogP contribution in [0.4, 0.5) is 0 Å². The first-order chi connectivity index (χ1) is 20.5. The van der Waals surface area contributed by atoms with E-state index in [2.05, 4.69) is 20.8 Å². The smallest absolute Gasteiger partial charge is 0.305 e. The van der Waals surface area contributed by atoms with Crippen LogP contribution in [0.3, 0.4) is 0 Å². The predicted octanol–water partition coefficient (Wildman–Crippen LogP) is 11.0. The van der Waals surface area contributed by atoms with Gasteiger partial charge in [-0.2, -0.15) is 0 Å². The number of rotatable bonds is 33. The average Bonchev–Trinajstić information content (AvgIpc) is 2.97. The third-order valence-corrected chi connectivity index (χ3v) is 8.27. The summed E-state index contributed by atoms with van der Waals surface area (Å²) in [6, 6.07) is 0. The van der Waals surface area contributed by atoms with Gasteiger partial charge in [-0.1, -0.05) is 175 Å². The van der Waals surface area contributed by atoms with Crippen molar-refractivity contribution in [2.24, 2.45) is 5.92 Å². The lowest BCUT2D eigenvalue weighted by atomic mass is 10.0. The van der Waals surface area contributed by atoms with Gasteiger partial charge in [0, 0.05) is 12.8 Å². The summed E-state index contributed by atoms with van der Waals surface area (Å²) in [5.74, 6) is 0.274. The van der Waals surface area contributed by atoms with Crippen LogP contribution in [0.1, 0.15) is 201 Å². The highest BCUT2D eigenvalue weighted by atomic mass is 16.6. The first-order valence-corrected chi connectivity index (χ1v) is 18.4. The summed E-state index contributed by atoms with van der Waals surface area (Å²) in [6.07, 6.45) is 32.9. The van der Waals surface area contributed by atoms with Gasteiger partial charge in [-0.25, -0.2) is 0 Å². The molecule has 0 heterocycles. The lowest BCUT2D eigenvalue weighted by Gasteiger charge is -2.12. The number of aliphatic hydroxyl groups excluding tert-OH is 1. The molecule has 250 valence electrons. The van der Waals surface area contributed by atoms with Crippen molar-refractivity contribution in [3.05, 3.63) is 0 Å². The van der Waals surface area contributed by atoms with Crippen molar-refractivity contribution in [3.63, 3.8) is 0 Å². The van der Waals surface area contributed by atoms with Crippen molar-refractivity contribution in [3.8, 4) is 0 Å². The summed E-state index contributed by atoms with van der Waals surface area (Å²) in [7, 11) is 0. The molecular formula is C37H72O5. The lowest BCUT2D eigenvalue weighted by molar-refractivity contribution is -0.152. The van der Waals surface area contributed by atoms with E-state index in [1.807, 2.05) is 0 Å². The molecule has 0 amide bonds. The summed E-state index contributed by atoms with van der Waals surface area (Å²) in [4.78, 5) is 23.8.